The lowest BCUT2D eigenvalue weighted by Gasteiger charge is -2.05. The van der Waals surface area contributed by atoms with Crippen LogP contribution >= 0.6 is 0 Å². The minimum atomic E-state index is 0.513. The largest absolute Gasteiger partial charge is 0.477 e. The number of nitrogens with zero attached hydrogens (tertiary/aromatic N) is 1. The van der Waals surface area contributed by atoms with E-state index in [-0.39, 0.29) is 0 Å². The van der Waals surface area contributed by atoms with Gasteiger partial charge in [0.15, 0.2) is 0 Å². The molecule has 3 nitrogen and oxygen atoms in total. The number of aromatic nitrogens is 1. The quantitative estimate of drug-likeness (QED) is 0.725. The highest BCUT2D eigenvalue weighted by Crippen LogP contribution is 2.09. The van der Waals surface area contributed by atoms with Gasteiger partial charge in [-0.1, -0.05) is 5.57 Å². The van der Waals surface area contributed by atoms with Crippen molar-refractivity contribution in [3.63, 3.8) is 0 Å². The van der Waals surface area contributed by atoms with Crippen molar-refractivity contribution in [1.29, 1.82) is 0 Å². The van der Waals surface area contributed by atoms with Gasteiger partial charge in [0.2, 0.25) is 5.88 Å². The Morgan fingerprint density at radius 2 is 2.43 bits per heavy atom. The average Bonchev–Trinajstić information content (AvgIpc) is 2.18. The molecule has 0 atom stereocenters. The summed E-state index contributed by atoms with van der Waals surface area (Å²) in [6, 6.07) is 3.74. The lowest BCUT2D eigenvalue weighted by molar-refractivity contribution is 0.309. The number of nitrogens with two attached hydrogens (primary N) is 1. The fourth-order valence-corrected chi connectivity index (χ4v) is 0.986. The first-order valence-electron chi connectivity index (χ1n) is 4.64. The molecule has 0 aromatic carbocycles. The SMILES string of the molecule is C=C(C)CCOc1cc(CN)ccn1. The molecule has 0 radical (unpaired) electrons. The second kappa shape index (κ2) is 5.40. The molecule has 0 aliphatic heterocycles. The van der Waals surface area contributed by atoms with Crippen LogP contribution in [-0.2, 0) is 6.54 Å². The van der Waals surface area contributed by atoms with Crippen molar-refractivity contribution in [3.8, 4) is 5.88 Å². The number of hydrogen-bond donors (Lipinski definition) is 1. The predicted molar refractivity (Wildman–Crippen MR) is 57.1 cm³/mol. The molecule has 3 heteroatoms. The molecule has 1 aromatic heterocycles. The number of pyridine rings is 1. The molecule has 0 aliphatic rings. The number of ether oxygens (including phenoxy) is 1. The van der Waals surface area contributed by atoms with Gasteiger partial charge in [0.05, 0.1) is 6.61 Å². The molecule has 1 heterocycles. The molecule has 76 valence electrons. The minimum Gasteiger partial charge on any atom is -0.477 e. The maximum absolute atomic E-state index is 5.50. The predicted octanol–water partition coefficient (Wildman–Crippen LogP) is 1.89. The van der Waals surface area contributed by atoms with Crippen molar-refractivity contribution >= 4 is 0 Å². The van der Waals surface area contributed by atoms with E-state index in [9.17, 15) is 0 Å². The van der Waals surface area contributed by atoms with Gasteiger partial charge in [-0.2, -0.15) is 0 Å². The third-order valence-corrected chi connectivity index (χ3v) is 1.81. The van der Waals surface area contributed by atoms with Crippen LogP contribution in [0.4, 0.5) is 0 Å². The summed E-state index contributed by atoms with van der Waals surface area (Å²) in [7, 11) is 0. The third kappa shape index (κ3) is 3.58. The Kier molecular flexibility index (Phi) is 4.13. The first-order chi connectivity index (χ1) is 6.72. The molecule has 0 saturated carbocycles. The van der Waals surface area contributed by atoms with Gasteiger partial charge < -0.3 is 10.5 Å². The van der Waals surface area contributed by atoms with Crippen molar-refractivity contribution < 1.29 is 4.74 Å². The Balaban J connectivity index is 2.46. The molecule has 1 rings (SSSR count). The standard InChI is InChI=1S/C11H16N2O/c1-9(2)4-6-14-11-7-10(8-12)3-5-13-11/h3,5,7H,1,4,6,8,12H2,2H3. The molecule has 0 fully saturated rings. The lowest BCUT2D eigenvalue weighted by Crippen LogP contribution is -2.01. The molecule has 0 spiro atoms. The number of hydrogen-bond acceptors (Lipinski definition) is 3. The van der Waals surface area contributed by atoms with E-state index in [1.165, 1.54) is 0 Å². The average molecular weight is 192 g/mol. The van der Waals surface area contributed by atoms with Crippen LogP contribution in [-0.4, -0.2) is 11.6 Å². The molecule has 0 saturated heterocycles. The summed E-state index contributed by atoms with van der Waals surface area (Å²) in [4.78, 5) is 4.08. The Morgan fingerprint density at radius 3 is 3.07 bits per heavy atom. The normalized spacial score (nSPS) is 9.86. The van der Waals surface area contributed by atoms with E-state index in [2.05, 4.69) is 11.6 Å². The summed E-state index contributed by atoms with van der Waals surface area (Å²) in [5.74, 6) is 0.634. The van der Waals surface area contributed by atoms with Gasteiger partial charge in [0, 0.05) is 25.2 Å². The summed E-state index contributed by atoms with van der Waals surface area (Å²) >= 11 is 0. The van der Waals surface area contributed by atoms with Crippen LogP contribution in [0.15, 0.2) is 30.5 Å². The van der Waals surface area contributed by atoms with Crippen LogP contribution in [0, 0.1) is 0 Å². The van der Waals surface area contributed by atoms with Crippen molar-refractivity contribution in [1.82, 2.24) is 4.98 Å². The monoisotopic (exact) mass is 192 g/mol. The van der Waals surface area contributed by atoms with E-state index in [1.807, 2.05) is 19.1 Å². The highest BCUT2D eigenvalue weighted by atomic mass is 16.5. The zero-order chi connectivity index (χ0) is 10.4. The fourth-order valence-electron chi connectivity index (χ4n) is 0.986. The second-order valence-corrected chi connectivity index (χ2v) is 3.26. The molecule has 0 unspecified atom stereocenters. The van der Waals surface area contributed by atoms with Gasteiger partial charge in [-0.25, -0.2) is 4.98 Å². The molecular formula is C11H16N2O. The second-order valence-electron chi connectivity index (χ2n) is 3.26. The Bertz CT molecular complexity index is 310. The van der Waals surface area contributed by atoms with Gasteiger partial charge in [0.1, 0.15) is 0 Å². The summed E-state index contributed by atoms with van der Waals surface area (Å²) in [5.41, 5.74) is 7.64. The third-order valence-electron chi connectivity index (χ3n) is 1.81. The first-order valence-corrected chi connectivity index (χ1v) is 4.64. The summed E-state index contributed by atoms with van der Waals surface area (Å²) in [5, 5.41) is 0. The van der Waals surface area contributed by atoms with Gasteiger partial charge in [-0.05, 0) is 18.6 Å². The van der Waals surface area contributed by atoms with Gasteiger partial charge in [0.25, 0.3) is 0 Å². The van der Waals surface area contributed by atoms with Crippen LogP contribution in [0.2, 0.25) is 0 Å². The Hall–Kier alpha value is -1.35. The smallest absolute Gasteiger partial charge is 0.213 e. The zero-order valence-electron chi connectivity index (χ0n) is 8.49. The van der Waals surface area contributed by atoms with E-state index in [0.29, 0.717) is 19.0 Å². The van der Waals surface area contributed by atoms with Crippen LogP contribution in [0.3, 0.4) is 0 Å². The summed E-state index contributed by atoms with van der Waals surface area (Å²) in [6.45, 7) is 6.91. The molecule has 0 aliphatic carbocycles. The highest BCUT2D eigenvalue weighted by Gasteiger charge is 1.96. The van der Waals surface area contributed by atoms with Crippen molar-refractivity contribution in [2.75, 3.05) is 6.61 Å². The van der Waals surface area contributed by atoms with Crippen LogP contribution in [0.25, 0.3) is 0 Å². The van der Waals surface area contributed by atoms with E-state index in [0.717, 1.165) is 17.6 Å². The van der Waals surface area contributed by atoms with Crippen molar-refractivity contribution in [3.05, 3.63) is 36.0 Å². The summed E-state index contributed by atoms with van der Waals surface area (Å²) in [6.07, 6.45) is 2.56. The first kappa shape index (κ1) is 10.7. The molecule has 0 amide bonds. The van der Waals surface area contributed by atoms with Crippen LogP contribution < -0.4 is 10.5 Å². The van der Waals surface area contributed by atoms with Gasteiger partial charge in [-0.3, -0.25) is 0 Å². The fraction of sp³-hybridized carbons (Fsp3) is 0.364. The maximum Gasteiger partial charge on any atom is 0.213 e. The van der Waals surface area contributed by atoms with E-state index in [4.69, 9.17) is 10.5 Å². The molecule has 1 aromatic rings. The van der Waals surface area contributed by atoms with Gasteiger partial charge in [-0.15, -0.1) is 6.58 Å². The Labute approximate surface area is 84.6 Å². The number of rotatable bonds is 5. The topological polar surface area (TPSA) is 48.1 Å². The summed E-state index contributed by atoms with van der Waals surface area (Å²) < 4.78 is 5.43. The van der Waals surface area contributed by atoms with Crippen molar-refractivity contribution in [2.24, 2.45) is 5.73 Å². The maximum atomic E-state index is 5.50. The van der Waals surface area contributed by atoms with Crippen LogP contribution in [0.5, 0.6) is 5.88 Å². The molecule has 0 bridgehead atoms. The molecule has 14 heavy (non-hydrogen) atoms. The lowest BCUT2D eigenvalue weighted by atomic mass is 10.2. The highest BCUT2D eigenvalue weighted by molar-refractivity contribution is 5.20. The van der Waals surface area contributed by atoms with Gasteiger partial charge >= 0.3 is 0 Å². The van der Waals surface area contributed by atoms with E-state index in [1.54, 1.807) is 6.20 Å². The van der Waals surface area contributed by atoms with E-state index < -0.39 is 0 Å². The van der Waals surface area contributed by atoms with Crippen molar-refractivity contribution in [2.45, 2.75) is 19.9 Å². The van der Waals surface area contributed by atoms with Crippen LogP contribution in [0.1, 0.15) is 18.9 Å². The zero-order valence-corrected chi connectivity index (χ0v) is 8.49. The Morgan fingerprint density at radius 1 is 1.64 bits per heavy atom. The molecule has 2 N–H and O–H groups in total. The minimum absolute atomic E-state index is 0.513. The molecular weight excluding hydrogens is 176 g/mol. The van der Waals surface area contributed by atoms with E-state index >= 15 is 0 Å².